The summed E-state index contributed by atoms with van der Waals surface area (Å²) >= 11 is 0. The van der Waals surface area contributed by atoms with Crippen LogP contribution < -0.4 is 19.5 Å². The van der Waals surface area contributed by atoms with Gasteiger partial charge >= 0.3 is 0 Å². The molecule has 1 saturated heterocycles. The van der Waals surface area contributed by atoms with Gasteiger partial charge in [0, 0.05) is 12.1 Å². The van der Waals surface area contributed by atoms with E-state index >= 15 is 0 Å². The summed E-state index contributed by atoms with van der Waals surface area (Å²) in [4.78, 5) is 15.1. The number of rotatable bonds is 10. The van der Waals surface area contributed by atoms with Crippen molar-refractivity contribution in [1.82, 2.24) is 14.9 Å². The summed E-state index contributed by atoms with van der Waals surface area (Å²) in [5.74, 6) is 0.937. The fourth-order valence-electron chi connectivity index (χ4n) is 3.89. The normalized spacial score (nSPS) is 16.3. The van der Waals surface area contributed by atoms with Crippen LogP contribution in [0.3, 0.4) is 0 Å². The van der Waals surface area contributed by atoms with Crippen LogP contribution >= 0.6 is 0 Å². The molecule has 0 aromatic heterocycles. The number of hydrogen-bond acceptors (Lipinski definition) is 6. The molecule has 0 radical (unpaired) electrons. The Labute approximate surface area is 190 Å². The first-order chi connectivity index (χ1) is 15.4. The molecular weight excluding hydrogens is 430 g/mol. The van der Waals surface area contributed by atoms with Gasteiger partial charge in [-0.1, -0.05) is 18.2 Å². The van der Waals surface area contributed by atoms with Gasteiger partial charge in [0.25, 0.3) is 0 Å². The number of ether oxygens (including phenoxy) is 2. The smallest absolute Gasteiger partial charge is 0.241 e. The number of nitrogens with one attached hydrogen (secondary N) is 2. The van der Waals surface area contributed by atoms with E-state index in [0.717, 1.165) is 37.2 Å². The molecule has 0 bridgehead atoms. The number of benzene rings is 2. The van der Waals surface area contributed by atoms with E-state index < -0.39 is 16.1 Å². The molecule has 0 aliphatic carbocycles. The van der Waals surface area contributed by atoms with Crippen LogP contribution in [-0.2, 0) is 14.8 Å². The third-order valence-electron chi connectivity index (χ3n) is 5.64. The first-order valence-corrected chi connectivity index (χ1v) is 12.1. The zero-order valence-electron chi connectivity index (χ0n) is 18.7. The lowest BCUT2D eigenvalue weighted by Crippen LogP contribution is -2.47. The van der Waals surface area contributed by atoms with Gasteiger partial charge in [-0.15, -0.1) is 0 Å². The van der Waals surface area contributed by atoms with E-state index in [1.54, 1.807) is 19.2 Å². The number of sulfonamides is 1. The quantitative estimate of drug-likeness (QED) is 0.564. The average Bonchev–Trinajstić information content (AvgIpc) is 3.33. The number of hydrogen-bond donors (Lipinski definition) is 2. The molecule has 0 saturated carbocycles. The summed E-state index contributed by atoms with van der Waals surface area (Å²) in [5.41, 5.74) is 1.00. The molecule has 32 heavy (non-hydrogen) atoms. The maximum absolute atomic E-state index is 12.7. The molecule has 8 nitrogen and oxygen atoms in total. The Morgan fingerprint density at radius 1 is 1.03 bits per heavy atom. The summed E-state index contributed by atoms with van der Waals surface area (Å²) in [6, 6.07) is 12.8. The molecule has 2 aromatic carbocycles. The van der Waals surface area contributed by atoms with Crippen LogP contribution in [-0.4, -0.2) is 59.1 Å². The second kappa shape index (κ2) is 10.8. The second-order valence-corrected chi connectivity index (χ2v) is 9.48. The van der Waals surface area contributed by atoms with Crippen molar-refractivity contribution in [2.45, 2.75) is 36.7 Å². The van der Waals surface area contributed by atoms with Crippen molar-refractivity contribution >= 4 is 15.9 Å². The van der Waals surface area contributed by atoms with Gasteiger partial charge in [-0.25, -0.2) is 8.42 Å². The minimum absolute atomic E-state index is 0.0528. The van der Waals surface area contributed by atoms with Crippen LogP contribution in [0.2, 0.25) is 0 Å². The third-order valence-corrected chi connectivity index (χ3v) is 7.20. The van der Waals surface area contributed by atoms with Crippen molar-refractivity contribution in [3.05, 3.63) is 54.1 Å². The van der Waals surface area contributed by atoms with Crippen molar-refractivity contribution in [1.29, 1.82) is 0 Å². The van der Waals surface area contributed by atoms with Gasteiger partial charge < -0.3 is 14.8 Å². The lowest BCUT2D eigenvalue weighted by atomic mass is 10.0. The Kier molecular flexibility index (Phi) is 8.11. The highest BCUT2D eigenvalue weighted by Crippen LogP contribution is 2.31. The van der Waals surface area contributed by atoms with Crippen LogP contribution in [0.15, 0.2) is 53.4 Å². The van der Waals surface area contributed by atoms with E-state index in [0.29, 0.717) is 12.3 Å². The number of para-hydroxylation sites is 1. The summed E-state index contributed by atoms with van der Waals surface area (Å²) < 4.78 is 38.3. The Bertz CT molecular complexity index is 1000. The average molecular weight is 462 g/mol. The molecule has 174 valence electrons. The molecule has 0 spiro atoms. The lowest BCUT2D eigenvalue weighted by Gasteiger charge is -2.29. The van der Waals surface area contributed by atoms with Crippen LogP contribution in [0.4, 0.5) is 0 Å². The zero-order chi connectivity index (χ0) is 23.1. The Morgan fingerprint density at radius 3 is 2.31 bits per heavy atom. The molecule has 1 unspecified atom stereocenters. The number of carbonyl (C=O) groups excluding carboxylic acids is 1. The van der Waals surface area contributed by atoms with Gasteiger partial charge in [0.1, 0.15) is 11.5 Å². The molecule has 2 N–H and O–H groups in total. The minimum atomic E-state index is -3.84. The Balaban J connectivity index is 1.67. The largest absolute Gasteiger partial charge is 0.497 e. The molecule has 1 aliphatic rings. The summed E-state index contributed by atoms with van der Waals surface area (Å²) in [5, 5.41) is 2.92. The zero-order valence-corrected chi connectivity index (χ0v) is 19.5. The van der Waals surface area contributed by atoms with Gasteiger partial charge in [0.2, 0.25) is 15.9 Å². The van der Waals surface area contributed by atoms with Crippen molar-refractivity contribution in [3.8, 4) is 11.5 Å². The molecular formula is C23H31N3O5S. The predicted octanol–water partition coefficient (Wildman–Crippen LogP) is 2.32. The molecule has 9 heteroatoms. The number of carbonyl (C=O) groups is 1. The Morgan fingerprint density at radius 2 is 1.69 bits per heavy atom. The highest BCUT2D eigenvalue weighted by atomic mass is 32.2. The summed E-state index contributed by atoms with van der Waals surface area (Å²) in [6.07, 6.45) is 2.22. The molecule has 1 amide bonds. The first-order valence-electron chi connectivity index (χ1n) is 10.7. The van der Waals surface area contributed by atoms with Gasteiger partial charge in [-0.3, -0.25) is 9.69 Å². The molecule has 1 heterocycles. The van der Waals surface area contributed by atoms with E-state index in [9.17, 15) is 13.2 Å². The van der Waals surface area contributed by atoms with E-state index in [1.165, 1.54) is 26.2 Å². The summed E-state index contributed by atoms with van der Waals surface area (Å²) in [6.45, 7) is 3.77. The van der Waals surface area contributed by atoms with Gasteiger partial charge in [-0.2, -0.15) is 4.72 Å². The highest BCUT2D eigenvalue weighted by Gasteiger charge is 2.28. The second-order valence-electron chi connectivity index (χ2n) is 7.76. The van der Waals surface area contributed by atoms with E-state index in [-0.39, 0.29) is 16.8 Å². The van der Waals surface area contributed by atoms with Gasteiger partial charge in [-0.05, 0) is 63.2 Å². The topological polar surface area (TPSA) is 97.0 Å². The lowest BCUT2D eigenvalue weighted by molar-refractivity contribution is -0.122. The maximum Gasteiger partial charge on any atom is 0.241 e. The van der Waals surface area contributed by atoms with Crippen LogP contribution in [0.25, 0.3) is 0 Å². The van der Waals surface area contributed by atoms with Gasteiger partial charge in [0.15, 0.2) is 0 Å². The van der Waals surface area contributed by atoms with Crippen LogP contribution in [0, 0.1) is 0 Å². The maximum atomic E-state index is 12.7. The van der Waals surface area contributed by atoms with Crippen molar-refractivity contribution in [2.75, 3.05) is 33.9 Å². The fraction of sp³-hybridized carbons (Fsp3) is 0.435. The molecule has 3 rings (SSSR count). The fourth-order valence-corrected chi connectivity index (χ4v) is 5.09. The highest BCUT2D eigenvalue weighted by molar-refractivity contribution is 7.89. The third kappa shape index (κ3) is 5.79. The van der Waals surface area contributed by atoms with Crippen molar-refractivity contribution < 1.29 is 22.7 Å². The number of amides is 1. The van der Waals surface area contributed by atoms with Crippen LogP contribution in [0.1, 0.15) is 31.4 Å². The Hall–Kier alpha value is -2.62. The number of methoxy groups -OCH3 is 2. The standard InChI is InChI=1S/C23H31N3O5S/c1-17(25-32(28,29)19-12-10-18(30-2)11-13-19)23(27)24-16-21(26-14-6-7-15-26)20-8-4-5-9-22(20)31-3/h4-5,8-13,17,21,25H,6-7,14-16H2,1-3H3,(H,24,27)/t17-,21?/m0/s1. The van der Waals surface area contributed by atoms with Crippen molar-refractivity contribution in [2.24, 2.45) is 0 Å². The number of nitrogens with zero attached hydrogens (tertiary/aromatic N) is 1. The molecule has 1 fully saturated rings. The first kappa shape index (κ1) is 24.0. The van der Waals surface area contributed by atoms with E-state index in [4.69, 9.17) is 9.47 Å². The molecule has 1 aliphatic heterocycles. The number of likely N-dealkylation sites (tertiary alicyclic amines) is 1. The SMILES string of the molecule is COc1ccc(S(=O)(=O)N[C@@H](C)C(=O)NCC(c2ccccc2OC)N2CCCC2)cc1. The monoisotopic (exact) mass is 461 g/mol. The van der Waals surface area contributed by atoms with Crippen molar-refractivity contribution in [3.63, 3.8) is 0 Å². The predicted molar refractivity (Wildman–Crippen MR) is 122 cm³/mol. The van der Waals surface area contributed by atoms with E-state index in [1.807, 2.05) is 24.3 Å². The van der Waals surface area contributed by atoms with Crippen LogP contribution in [0.5, 0.6) is 11.5 Å². The summed E-state index contributed by atoms with van der Waals surface area (Å²) in [7, 11) is -0.701. The molecule has 2 aromatic rings. The van der Waals surface area contributed by atoms with Gasteiger partial charge in [0.05, 0.1) is 31.2 Å². The van der Waals surface area contributed by atoms with E-state index in [2.05, 4.69) is 14.9 Å². The minimum Gasteiger partial charge on any atom is -0.497 e. The molecule has 2 atom stereocenters.